The molecule has 21 rings (SSSR count). The van der Waals surface area contributed by atoms with Gasteiger partial charge in [0, 0.05) is 146 Å². The zero-order valence-electron chi connectivity index (χ0n) is 83.3. The number of aromatic amines is 1. The lowest BCUT2D eigenvalue weighted by Gasteiger charge is -2.41. The van der Waals surface area contributed by atoms with Crippen molar-refractivity contribution < 1.29 is 34.5 Å². The zero-order valence-corrected chi connectivity index (χ0v) is 83.3. The Kier molecular flexibility index (Phi) is 29.4. The topological polar surface area (TPSA) is 323 Å². The quantitative estimate of drug-likeness (QED) is 0.0331. The number of nitrogens with zero attached hydrogens (tertiary/aromatic N) is 17. The Morgan fingerprint density at radius 3 is 1.05 bits per heavy atom. The van der Waals surface area contributed by atoms with Gasteiger partial charge in [0.05, 0.1) is 61.4 Å². The molecule has 0 aliphatic carbocycles. The van der Waals surface area contributed by atoms with Crippen LogP contribution in [0, 0.1) is 30.6 Å². The summed E-state index contributed by atoms with van der Waals surface area (Å²) in [6.07, 6.45) is 11.5. The summed E-state index contributed by atoms with van der Waals surface area (Å²) in [7, 11) is 14.1. The fourth-order valence-corrected chi connectivity index (χ4v) is 20.8. The highest BCUT2D eigenvalue weighted by Gasteiger charge is 2.37. The fourth-order valence-electron chi connectivity index (χ4n) is 20.8. The van der Waals surface area contributed by atoms with Gasteiger partial charge in [-0.25, -0.2) is 19.9 Å². The highest BCUT2D eigenvalue weighted by molar-refractivity contribution is 6.04. The van der Waals surface area contributed by atoms with Gasteiger partial charge in [-0.05, 0) is 280 Å². The lowest BCUT2D eigenvalue weighted by Crippen LogP contribution is -2.52. The molecule has 4 amide bonds. The molecule has 145 heavy (non-hydrogen) atoms. The molecule has 0 spiro atoms. The van der Waals surface area contributed by atoms with Crippen LogP contribution in [0.25, 0.3) is 131 Å². The number of rotatable bonds is 28. The summed E-state index contributed by atoms with van der Waals surface area (Å²) >= 11 is 0. The Bertz CT molecular complexity index is 8040. The molecule has 742 valence electrons. The van der Waals surface area contributed by atoms with Gasteiger partial charge in [-0.2, -0.15) is 5.10 Å². The van der Waals surface area contributed by atoms with Crippen molar-refractivity contribution >= 4 is 110 Å². The Labute approximate surface area is 839 Å². The summed E-state index contributed by atoms with van der Waals surface area (Å²) in [4.78, 5) is 138. The summed E-state index contributed by atoms with van der Waals surface area (Å²) in [5.74, 6) is 4.55. The number of carbonyl (C=O) groups excluding carboxylic acids is 4. The normalized spacial score (nSPS) is 14.6. The van der Waals surface area contributed by atoms with E-state index in [1.807, 2.05) is 226 Å². The van der Waals surface area contributed by atoms with Crippen LogP contribution in [-0.4, -0.2) is 261 Å². The molecule has 0 unspecified atom stereocenters. The maximum absolute atomic E-state index is 13.9. The number of nitrogens with one attached hydrogen (secondary N) is 1. The van der Waals surface area contributed by atoms with Crippen molar-refractivity contribution in [3.63, 3.8) is 0 Å². The zero-order chi connectivity index (χ0) is 102. The van der Waals surface area contributed by atoms with Gasteiger partial charge in [0.15, 0.2) is 0 Å². The third-order valence-corrected chi connectivity index (χ3v) is 28.5. The van der Waals surface area contributed by atoms with Crippen LogP contribution in [0.15, 0.2) is 270 Å². The number of carbonyl (C=O) groups is 4. The first-order valence-corrected chi connectivity index (χ1v) is 49.5. The fraction of sp³-hybridized carbons (Fsp3) is 0.302. The molecular formula is C116H122N18O11. The smallest absolute Gasteiger partial charge is 0.261 e. The Hall–Kier alpha value is -15.7. The number of aromatic nitrogens is 10. The number of likely N-dealkylation sites (N-methyl/N-ethyl adjacent to an activating group) is 2. The molecule has 29 heteroatoms. The minimum absolute atomic E-state index is 0.00836. The van der Waals surface area contributed by atoms with Gasteiger partial charge >= 0.3 is 0 Å². The number of hydrogen-bond donors (Lipinski definition) is 4. The molecule has 0 atom stereocenters. The van der Waals surface area contributed by atoms with Gasteiger partial charge in [-0.1, -0.05) is 129 Å². The maximum Gasteiger partial charge on any atom is 0.261 e. The van der Waals surface area contributed by atoms with E-state index in [1.165, 1.54) is 24.3 Å². The summed E-state index contributed by atoms with van der Waals surface area (Å²) in [6.45, 7) is 27.4. The summed E-state index contributed by atoms with van der Waals surface area (Å²) in [5.41, 5.74) is 11.9. The van der Waals surface area contributed by atoms with E-state index in [-0.39, 0.29) is 86.9 Å². The second-order valence-electron chi connectivity index (χ2n) is 39.9. The molecule has 29 nitrogen and oxygen atoms in total. The molecule has 5 fully saturated rings. The van der Waals surface area contributed by atoms with Crippen LogP contribution >= 0.6 is 0 Å². The largest absolute Gasteiger partial charge is 0.508 e. The number of likely N-dealkylation sites (tertiary alicyclic amines) is 5. The van der Waals surface area contributed by atoms with E-state index in [9.17, 15) is 53.7 Å². The van der Waals surface area contributed by atoms with E-state index in [1.54, 1.807) is 60.6 Å². The first kappa shape index (κ1) is 99.5. The summed E-state index contributed by atoms with van der Waals surface area (Å²) < 4.78 is 7.32. The molecule has 16 aromatic rings. The van der Waals surface area contributed by atoms with Crippen LogP contribution in [0.4, 0.5) is 0 Å². The molecular weight excluding hydrogens is 1820 g/mol. The van der Waals surface area contributed by atoms with Crippen molar-refractivity contribution in [3.05, 3.63) is 321 Å². The van der Waals surface area contributed by atoms with Crippen molar-refractivity contribution in [2.45, 2.75) is 71.1 Å². The first-order valence-electron chi connectivity index (χ1n) is 49.5. The predicted octanol–water partition coefficient (Wildman–Crippen LogP) is 14.7. The van der Waals surface area contributed by atoms with E-state index in [2.05, 4.69) is 64.2 Å². The Balaban J connectivity index is 0.000000127. The number of fused-ring (bicyclic) bond motifs is 8. The van der Waals surface area contributed by atoms with E-state index in [4.69, 9.17) is 19.9 Å². The minimum atomic E-state index is -0.0680. The molecule has 5 aromatic heterocycles. The maximum atomic E-state index is 13.9. The lowest BCUT2D eigenvalue weighted by molar-refractivity contribution is -0.132. The van der Waals surface area contributed by atoms with E-state index >= 15 is 0 Å². The molecule has 0 radical (unpaired) electrons. The van der Waals surface area contributed by atoms with Crippen molar-refractivity contribution in [1.82, 2.24) is 87.6 Å². The van der Waals surface area contributed by atoms with Gasteiger partial charge in [0.2, 0.25) is 23.6 Å². The lowest BCUT2D eigenvalue weighted by atomic mass is 9.94. The van der Waals surface area contributed by atoms with Gasteiger partial charge < -0.3 is 54.5 Å². The van der Waals surface area contributed by atoms with Crippen LogP contribution in [0.1, 0.15) is 47.7 Å². The number of phenols is 3. The number of phenolic OH excluding ortho intramolecular Hbond substituents is 3. The number of benzene rings is 11. The van der Waals surface area contributed by atoms with Gasteiger partial charge in [0.25, 0.3) is 22.2 Å². The van der Waals surface area contributed by atoms with Crippen molar-refractivity contribution in [2.75, 3.05) is 134 Å². The highest BCUT2D eigenvalue weighted by Crippen LogP contribution is 2.40. The van der Waals surface area contributed by atoms with Crippen LogP contribution in [0.3, 0.4) is 0 Å². The van der Waals surface area contributed by atoms with Gasteiger partial charge in [0.1, 0.15) is 40.5 Å². The average molecular weight is 1940 g/mol. The van der Waals surface area contributed by atoms with E-state index in [0.29, 0.717) is 154 Å². The standard InChI is InChI=1S/C30H32N4O3.C29H28N4O3.C29H30N4O3.C28H32N6O2/c1-4-29(36)33-18-20(19-33)14-28-31-27-11-10-22(16-26(27)30(37)34(28)13-7-12-32(2)3)25-17-23(35)15-21-8-5-6-9-24(21)25;1-3-28(35)32-14-18(15-32)10-27-30-26-9-8-20(12-25(26)29(36)33(27)21-16-31(2)17-21)24-13-22(34)11-19-6-4-5-7-23(19)24;1-4-28(35)32-17-19(18-32)13-27-30-26-10-9-21(15-25(26)29(36)33(27)12-11-31(2)3)24-16-22(34)14-20-7-5-6-8-23(20)24;1-5-26(35)33-16-19(17-33)13-25-30-23-10-8-20(27-18(2)7-9-24-22(27)15-29-31-24)14-21(23)28(36)34(25)12-6-11-32(3)4/h4-6,8-11,15-17,20,35H,1,7,12-14,18-19H2,2-3H3;3-9,11-13,18,21,34H,1,10,14-17H2,2H3;4-10,14-16,19,34H,1,11-13,17-18H2,2-3H3;5,7-10,14-15,19H,1,6,11-13,16-17H2,2-4H3,(H,29,31). The molecule has 4 N–H and O–H groups in total. The number of amides is 4. The monoisotopic (exact) mass is 1940 g/mol. The predicted molar refractivity (Wildman–Crippen MR) is 575 cm³/mol. The Morgan fingerprint density at radius 2 is 0.697 bits per heavy atom. The summed E-state index contributed by atoms with van der Waals surface area (Å²) in [5, 5.41) is 47.4. The van der Waals surface area contributed by atoms with Crippen molar-refractivity contribution in [1.29, 1.82) is 0 Å². The molecule has 0 saturated carbocycles. The Morgan fingerprint density at radius 1 is 0.372 bits per heavy atom. The molecule has 0 bridgehead atoms. The van der Waals surface area contributed by atoms with Gasteiger partial charge in [-0.3, -0.25) is 61.7 Å². The number of aryl methyl sites for hydroxylation is 1. The van der Waals surface area contributed by atoms with Crippen molar-refractivity contribution in [3.8, 4) is 61.8 Å². The van der Waals surface area contributed by atoms with Crippen LogP contribution in [0.5, 0.6) is 17.2 Å². The third kappa shape index (κ3) is 21.4. The number of hydrogen-bond acceptors (Lipinski definition) is 20. The molecule has 5 aliphatic rings. The van der Waals surface area contributed by atoms with Crippen molar-refractivity contribution in [2.24, 2.45) is 23.7 Å². The SMILES string of the molecule is C=CC(=O)N1CC(Cc2nc3ccc(-c4c(C)ccc5[nH]ncc45)cc3c(=O)n2CCCN(C)C)C1.C=CC(=O)N1CC(Cc2nc3ccc(-c4cc(O)cc5ccccc45)cc3c(=O)n2C2CN(C)C2)C1.C=CC(=O)N1CC(Cc2nc3ccc(-c4cc(O)cc5ccccc45)cc3c(=O)n2CCCN(C)C)C1.C=CC(=O)N1CC(Cc2nc3ccc(-c4cc(O)cc5ccccc45)cc3c(=O)n2CCN(C)C)C1. The first-order chi connectivity index (χ1) is 69.9. The highest BCUT2D eigenvalue weighted by atomic mass is 16.3. The molecule has 5 saturated heterocycles. The minimum Gasteiger partial charge on any atom is -0.508 e. The average Bonchev–Trinajstić information content (AvgIpc) is 0.798. The van der Waals surface area contributed by atoms with E-state index < -0.39 is 0 Å². The third-order valence-electron chi connectivity index (χ3n) is 28.5. The summed E-state index contributed by atoms with van der Waals surface area (Å²) in [6, 6.07) is 61.6. The van der Waals surface area contributed by atoms with Crippen LogP contribution in [-0.2, 0) is 64.5 Å². The second kappa shape index (κ2) is 42.8. The molecule has 10 heterocycles. The van der Waals surface area contributed by atoms with Gasteiger partial charge in [-0.15, -0.1) is 0 Å². The van der Waals surface area contributed by atoms with Crippen LogP contribution in [0.2, 0.25) is 0 Å². The number of aromatic hydroxyl groups is 3. The van der Waals surface area contributed by atoms with Crippen LogP contribution < -0.4 is 22.2 Å². The second-order valence-corrected chi connectivity index (χ2v) is 39.9. The van der Waals surface area contributed by atoms with E-state index in [0.717, 1.165) is 156 Å². The molecule has 5 aliphatic heterocycles. The number of H-pyrrole nitrogens is 1. The molecule has 11 aromatic carbocycles.